The summed E-state index contributed by atoms with van der Waals surface area (Å²) in [5.74, 6) is 1.28. The van der Waals surface area contributed by atoms with Crippen LogP contribution >= 0.6 is 11.6 Å². The molecule has 3 rings (SSSR count). The molecule has 1 heterocycles. The molecule has 1 aromatic carbocycles. The SMILES string of the molecule is Cc1c(Cl)cccc1C(=O)NC1C2CNCC21. The Kier molecular flexibility index (Phi) is 2.60. The fourth-order valence-corrected chi connectivity index (χ4v) is 2.89. The molecule has 2 aliphatic rings. The van der Waals surface area contributed by atoms with Crippen molar-refractivity contribution in [3.8, 4) is 0 Å². The van der Waals surface area contributed by atoms with Crippen LogP contribution < -0.4 is 10.6 Å². The molecule has 2 N–H and O–H groups in total. The summed E-state index contributed by atoms with van der Waals surface area (Å²) in [6.45, 7) is 3.95. The van der Waals surface area contributed by atoms with Crippen LogP contribution in [-0.4, -0.2) is 25.0 Å². The lowest BCUT2D eigenvalue weighted by Gasteiger charge is -2.10. The lowest BCUT2D eigenvalue weighted by molar-refractivity contribution is 0.0946. The zero-order valence-electron chi connectivity index (χ0n) is 9.66. The van der Waals surface area contributed by atoms with Crippen LogP contribution in [0.3, 0.4) is 0 Å². The quantitative estimate of drug-likeness (QED) is 0.837. The number of halogens is 1. The molecule has 1 saturated carbocycles. The molecule has 0 radical (unpaired) electrons. The fourth-order valence-electron chi connectivity index (χ4n) is 2.72. The molecule has 0 aromatic heterocycles. The molecule has 1 aliphatic heterocycles. The predicted molar refractivity (Wildman–Crippen MR) is 67.3 cm³/mol. The highest BCUT2D eigenvalue weighted by Crippen LogP contribution is 2.41. The van der Waals surface area contributed by atoms with E-state index in [-0.39, 0.29) is 5.91 Å². The van der Waals surface area contributed by atoms with Crippen LogP contribution in [-0.2, 0) is 0 Å². The van der Waals surface area contributed by atoms with Gasteiger partial charge in [0.15, 0.2) is 0 Å². The van der Waals surface area contributed by atoms with Crippen molar-refractivity contribution < 1.29 is 4.79 Å². The normalized spacial score (nSPS) is 29.9. The predicted octanol–water partition coefficient (Wildman–Crippen LogP) is 1.60. The number of carbonyl (C=O) groups excluding carboxylic acids is 1. The summed E-state index contributed by atoms with van der Waals surface area (Å²) < 4.78 is 0. The van der Waals surface area contributed by atoms with Crippen LogP contribution in [0.2, 0.25) is 5.02 Å². The number of hydrogen-bond acceptors (Lipinski definition) is 2. The lowest BCUT2D eigenvalue weighted by Crippen LogP contribution is -2.32. The highest BCUT2D eigenvalue weighted by molar-refractivity contribution is 6.31. The number of rotatable bonds is 2. The number of amides is 1. The summed E-state index contributed by atoms with van der Waals surface area (Å²) >= 11 is 6.02. The Morgan fingerprint density at radius 1 is 1.41 bits per heavy atom. The summed E-state index contributed by atoms with van der Waals surface area (Å²) in [6, 6.07) is 5.82. The van der Waals surface area contributed by atoms with Crippen molar-refractivity contribution >= 4 is 17.5 Å². The Bertz CT molecular complexity index is 464. The monoisotopic (exact) mass is 250 g/mol. The molecule has 90 valence electrons. The maximum absolute atomic E-state index is 12.1. The maximum atomic E-state index is 12.1. The number of carbonyl (C=O) groups is 1. The van der Waals surface area contributed by atoms with Gasteiger partial charge in [-0.1, -0.05) is 17.7 Å². The van der Waals surface area contributed by atoms with Gasteiger partial charge in [0.25, 0.3) is 5.91 Å². The number of nitrogens with one attached hydrogen (secondary N) is 2. The number of hydrogen-bond donors (Lipinski definition) is 2. The van der Waals surface area contributed by atoms with Gasteiger partial charge in [-0.2, -0.15) is 0 Å². The average molecular weight is 251 g/mol. The molecule has 2 atom stereocenters. The Labute approximate surface area is 106 Å². The second-order valence-corrected chi connectivity index (χ2v) is 5.30. The third kappa shape index (κ3) is 1.83. The van der Waals surface area contributed by atoms with Crippen LogP contribution in [0.4, 0.5) is 0 Å². The smallest absolute Gasteiger partial charge is 0.251 e. The number of fused-ring (bicyclic) bond motifs is 1. The molecule has 4 heteroatoms. The van der Waals surface area contributed by atoms with Gasteiger partial charge in [-0.05, 0) is 36.5 Å². The van der Waals surface area contributed by atoms with E-state index in [1.165, 1.54) is 0 Å². The molecular weight excluding hydrogens is 236 g/mol. The van der Waals surface area contributed by atoms with E-state index in [0.29, 0.717) is 28.5 Å². The van der Waals surface area contributed by atoms with E-state index in [4.69, 9.17) is 11.6 Å². The van der Waals surface area contributed by atoms with Gasteiger partial charge in [0.1, 0.15) is 0 Å². The first-order valence-corrected chi connectivity index (χ1v) is 6.33. The van der Waals surface area contributed by atoms with Crippen molar-refractivity contribution in [3.63, 3.8) is 0 Å². The fraction of sp³-hybridized carbons (Fsp3) is 0.462. The van der Waals surface area contributed by atoms with E-state index >= 15 is 0 Å². The summed E-state index contributed by atoms with van der Waals surface area (Å²) in [5, 5.41) is 7.06. The van der Waals surface area contributed by atoms with Crippen LogP contribution in [0.1, 0.15) is 15.9 Å². The van der Waals surface area contributed by atoms with Crippen LogP contribution in [0.15, 0.2) is 18.2 Å². The summed E-state index contributed by atoms with van der Waals surface area (Å²) in [7, 11) is 0. The van der Waals surface area contributed by atoms with Gasteiger partial charge in [0.2, 0.25) is 0 Å². The van der Waals surface area contributed by atoms with E-state index in [0.717, 1.165) is 18.7 Å². The molecule has 2 fully saturated rings. The first-order chi connectivity index (χ1) is 8.18. The van der Waals surface area contributed by atoms with E-state index in [2.05, 4.69) is 10.6 Å². The molecule has 1 aliphatic carbocycles. The van der Waals surface area contributed by atoms with Crippen molar-refractivity contribution in [2.45, 2.75) is 13.0 Å². The third-order valence-electron chi connectivity index (χ3n) is 3.90. The largest absolute Gasteiger partial charge is 0.349 e. The summed E-state index contributed by atoms with van der Waals surface area (Å²) in [4.78, 5) is 12.1. The zero-order chi connectivity index (χ0) is 12.0. The molecule has 2 unspecified atom stereocenters. The molecular formula is C13H15ClN2O. The van der Waals surface area contributed by atoms with Crippen molar-refractivity contribution in [1.29, 1.82) is 0 Å². The second-order valence-electron chi connectivity index (χ2n) is 4.90. The molecule has 1 saturated heterocycles. The first kappa shape index (κ1) is 11.1. The van der Waals surface area contributed by atoms with Crippen molar-refractivity contribution in [3.05, 3.63) is 34.3 Å². The summed E-state index contributed by atoms with van der Waals surface area (Å²) in [6.07, 6.45) is 0. The van der Waals surface area contributed by atoms with Crippen LogP contribution in [0.5, 0.6) is 0 Å². The number of benzene rings is 1. The lowest BCUT2D eigenvalue weighted by atomic mass is 10.1. The van der Waals surface area contributed by atoms with Gasteiger partial charge < -0.3 is 10.6 Å². The van der Waals surface area contributed by atoms with Crippen LogP contribution in [0.25, 0.3) is 0 Å². The van der Waals surface area contributed by atoms with Gasteiger partial charge in [-0.3, -0.25) is 4.79 Å². The Morgan fingerprint density at radius 3 is 2.82 bits per heavy atom. The second kappa shape index (κ2) is 4.00. The highest BCUT2D eigenvalue weighted by atomic mass is 35.5. The molecule has 1 aromatic rings. The molecule has 1 amide bonds. The van der Waals surface area contributed by atoms with Gasteiger partial charge in [0.05, 0.1) is 0 Å². The Hall–Kier alpha value is -1.06. The molecule has 0 bridgehead atoms. The minimum absolute atomic E-state index is 0.00407. The zero-order valence-corrected chi connectivity index (χ0v) is 10.4. The van der Waals surface area contributed by atoms with E-state index in [1.807, 2.05) is 25.1 Å². The molecule has 3 nitrogen and oxygen atoms in total. The maximum Gasteiger partial charge on any atom is 0.251 e. The minimum Gasteiger partial charge on any atom is -0.349 e. The van der Waals surface area contributed by atoms with Gasteiger partial charge >= 0.3 is 0 Å². The van der Waals surface area contributed by atoms with Gasteiger partial charge in [-0.15, -0.1) is 0 Å². The average Bonchev–Trinajstić information content (AvgIpc) is 2.76. The number of piperidine rings is 1. The Morgan fingerprint density at radius 2 is 2.12 bits per heavy atom. The Balaban J connectivity index is 1.72. The molecule has 0 spiro atoms. The highest BCUT2D eigenvalue weighted by Gasteiger charge is 2.53. The van der Waals surface area contributed by atoms with Crippen LogP contribution in [0, 0.1) is 18.8 Å². The summed E-state index contributed by atoms with van der Waals surface area (Å²) in [5.41, 5.74) is 1.55. The van der Waals surface area contributed by atoms with E-state index in [1.54, 1.807) is 0 Å². The first-order valence-electron chi connectivity index (χ1n) is 5.95. The molecule has 17 heavy (non-hydrogen) atoms. The van der Waals surface area contributed by atoms with Crippen molar-refractivity contribution in [2.75, 3.05) is 13.1 Å². The van der Waals surface area contributed by atoms with Gasteiger partial charge in [0, 0.05) is 29.7 Å². The van der Waals surface area contributed by atoms with E-state index in [9.17, 15) is 4.79 Å². The third-order valence-corrected chi connectivity index (χ3v) is 4.31. The van der Waals surface area contributed by atoms with Gasteiger partial charge in [-0.25, -0.2) is 0 Å². The standard InChI is InChI=1S/C13H15ClN2O/c1-7-8(3-2-4-11(7)14)13(17)16-12-9-5-15-6-10(9)12/h2-4,9-10,12,15H,5-6H2,1H3,(H,16,17). The van der Waals surface area contributed by atoms with Crippen molar-refractivity contribution in [1.82, 2.24) is 10.6 Å². The van der Waals surface area contributed by atoms with Crippen molar-refractivity contribution in [2.24, 2.45) is 11.8 Å². The van der Waals surface area contributed by atoms with E-state index < -0.39 is 0 Å². The topological polar surface area (TPSA) is 41.1 Å². The minimum atomic E-state index is 0.00407.